The lowest BCUT2D eigenvalue weighted by Crippen LogP contribution is -2.43. The fourth-order valence-electron chi connectivity index (χ4n) is 4.19. The molecule has 2 aromatic carbocycles. The van der Waals surface area contributed by atoms with Crippen LogP contribution in [0.3, 0.4) is 0 Å². The quantitative estimate of drug-likeness (QED) is 0.752. The van der Waals surface area contributed by atoms with E-state index in [9.17, 15) is 5.11 Å². The lowest BCUT2D eigenvalue weighted by Gasteiger charge is -2.38. The van der Waals surface area contributed by atoms with E-state index in [2.05, 4.69) is 54.1 Å². The van der Waals surface area contributed by atoms with Crippen LogP contribution in [0.25, 0.3) is 10.9 Å². The van der Waals surface area contributed by atoms with E-state index in [1.807, 2.05) is 18.3 Å². The first-order valence-corrected chi connectivity index (χ1v) is 9.49. The fourth-order valence-corrected chi connectivity index (χ4v) is 4.19. The molecule has 2 heterocycles. The Morgan fingerprint density at radius 3 is 2.77 bits per heavy atom. The number of fused-ring (bicyclic) bond motifs is 2. The van der Waals surface area contributed by atoms with Crippen molar-refractivity contribution in [2.75, 3.05) is 6.54 Å². The van der Waals surface area contributed by atoms with Crippen LogP contribution in [-0.2, 0) is 19.4 Å². The zero-order valence-corrected chi connectivity index (χ0v) is 15.5. The smallest absolute Gasteiger partial charge is 0.115 e. The van der Waals surface area contributed by atoms with Crippen molar-refractivity contribution in [2.24, 2.45) is 5.92 Å². The first-order chi connectivity index (χ1) is 12.6. The molecule has 0 bridgehead atoms. The van der Waals surface area contributed by atoms with Crippen molar-refractivity contribution in [3.8, 4) is 5.75 Å². The van der Waals surface area contributed by atoms with Gasteiger partial charge in [-0.3, -0.25) is 9.88 Å². The van der Waals surface area contributed by atoms with Crippen LogP contribution >= 0.6 is 0 Å². The minimum Gasteiger partial charge on any atom is -0.508 e. The topological polar surface area (TPSA) is 36.4 Å². The summed E-state index contributed by atoms with van der Waals surface area (Å²) in [4.78, 5) is 7.09. The number of nitrogens with zero attached hydrogens (tertiary/aromatic N) is 2. The van der Waals surface area contributed by atoms with Gasteiger partial charge in [0.2, 0.25) is 0 Å². The molecule has 1 aliphatic rings. The normalized spacial score (nSPS) is 16.0. The number of benzene rings is 2. The molecule has 1 atom stereocenters. The summed E-state index contributed by atoms with van der Waals surface area (Å²) >= 11 is 0. The Morgan fingerprint density at radius 1 is 1.08 bits per heavy atom. The number of aromatic nitrogens is 1. The molecule has 0 aliphatic carbocycles. The monoisotopic (exact) mass is 346 g/mol. The van der Waals surface area contributed by atoms with Crippen LogP contribution in [0.15, 0.2) is 54.7 Å². The Morgan fingerprint density at radius 2 is 1.92 bits per heavy atom. The maximum atomic E-state index is 9.85. The lowest BCUT2D eigenvalue weighted by molar-refractivity contribution is 0.138. The first kappa shape index (κ1) is 17.0. The molecule has 0 saturated heterocycles. The molecule has 0 amide bonds. The summed E-state index contributed by atoms with van der Waals surface area (Å²) in [6.07, 6.45) is 4.00. The molecule has 3 heteroatoms. The highest BCUT2D eigenvalue weighted by molar-refractivity contribution is 5.81. The molecule has 0 saturated carbocycles. The number of aromatic hydroxyl groups is 1. The van der Waals surface area contributed by atoms with E-state index in [1.54, 1.807) is 6.07 Å². The fraction of sp³-hybridized carbons (Fsp3) is 0.348. The second kappa shape index (κ2) is 7.08. The molecular weight excluding hydrogens is 320 g/mol. The largest absolute Gasteiger partial charge is 0.508 e. The van der Waals surface area contributed by atoms with Crippen molar-refractivity contribution >= 4 is 10.9 Å². The third-order valence-electron chi connectivity index (χ3n) is 5.64. The van der Waals surface area contributed by atoms with Crippen molar-refractivity contribution in [2.45, 2.75) is 39.3 Å². The van der Waals surface area contributed by atoms with E-state index in [0.717, 1.165) is 31.4 Å². The molecule has 0 unspecified atom stereocenters. The maximum absolute atomic E-state index is 9.85. The van der Waals surface area contributed by atoms with Gasteiger partial charge in [0.15, 0.2) is 0 Å². The minimum atomic E-state index is 0.367. The summed E-state index contributed by atoms with van der Waals surface area (Å²) in [6, 6.07) is 16.9. The summed E-state index contributed by atoms with van der Waals surface area (Å²) in [5.41, 5.74) is 5.08. The van der Waals surface area contributed by atoms with E-state index < -0.39 is 0 Å². The van der Waals surface area contributed by atoms with Gasteiger partial charge < -0.3 is 5.11 Å². The van der Waals surface area contributed by atoms with Crippen LogP contribution in [0.4, 0.5) is 0 Å². The van der Waals surface area contributed by atoms with Crippen molar-refractivity contribution in [1.29, 1.82) is 0 Å². The van der Waals surface area contributed by atoms with Gasteiger partial charge in [-0.15, -0.1) is 0 Å². The van der Waals surface area contributed by atoms with Gasteiger partial charge in [-0.2, -0.15) is 0 Å². The van der Waals surface area contributed by atoms with Crippen LogP contribution in [-0.4, -0.2) is 27.6 Å². The summed E-state index contributed by atoms with van der Waals surface area (Å²) < 4.78 is 0. The van der Waals surface area contributed by atoms with Gasteiger partial charge in [0.1, 0.15) is 5.75 Å². The molecule has 134 valence electrons. The lowest BCUT2D eigenvalue weighted by atomic mass is 9.90. The Kier molecular flexibility index (Phi) is 4.64. The highest BCUT2D eigenvalue weighted by atomic mass is 16.3. The summed E-state index contributed by atoms with van der Waals surface area (Å²) in [6.45, 7) is 6.61. The van der Waals surface area contributed by atoms with Gasteiger partial charge in [-0.1, -0.05) is 38.1 Å². The SMILES string of the molecule is CC(C)[C@H](Cc1ccnc2ccccc12)N1CCc2ccc(O)cc2C1. The molecule has 3 aromatic rings. The molecule has 1 aromatic heterocycles. The Balaban J connectivity index is 1.62. The number of hydrogen-bond donors (Lipinski definition) is 1. The second-order valence-electron chi connectivity index (χ2n) is 7.68. The molecule has 0 radical (unpaired) electrons. The summed E-state index contributed by atoms with van der Waals surface area (Å²) in [5.74, 6) is 0.924. The van der Waals surface area contributed by atoms with E-state index in [4.69, 9.17) is 0 Å². The zero-order chi connectivity index (χ0) is 18.1. The standard InChI is InChI=1S/C23H26N2O/c1-16(2)23(14-18-9-11-24-22-6-4-3-5-21(18)22)25-12-10-17-7-8-20(26)13-19(17)15-25/h3-9,11,13,16,23,26H,10,12,14-15H2,1-2H3/t23-/m0/s1. The Hall–Kier alpha value is -2.39. The van der Waals surface area contributed by atoms with Crippen molar-refractivity contribution in [3.63, 3.8) is 0 Å². The van der Waals surface area contributed by atoms with E-state index in [1.165, 1.54) is 22.1 Å². The van der Waals surface area contributed by atoms with E-state index >= 15 is 0 Å². The van der Waals surface area contributed by atoms with Crippen molar-refractivity contribution < 1.29 is 5.11 Å². The van der Waals surface area contributed by atoms with Crippen molar-refractivity contribution in [3.05, 3.63) is 71.4 Å². The van der Waals surface area contributed by atoms with Gasteiger partial charge in [0.05, 0.1) is 5.52 Å². The summed E-state index contributed by atoms with van der Waals surface area (Å²) in [7, 11) is 0. The average molecular weight is 346 g/mol. The third kappa shape index (κ3) is 3.32. The predicted octanol–water partition coefficient (Wildman–Crippen LogP) is 4.57. The van der Waals surface area contributed by atoms with Gasteiger partial charge in [0.25, 0.3) is 0 Å². The Labute approximate surface area is 155 Å². The number of hydrogen-bond acceptors (Lipinski definition) is 3. The van der Waals surface area contributed by atoms with E-state index in [-0.39, 0.29) is 0 Å². The number of phenolic OH excluding ortho intramolecular Hbond substituents is 1. The minimum absolute atomic E-state index is 0.367. The molecule has 0 spiro atoms. The number of phenols is 1. The molecule has 0 fully saturated rings. The van der Waals surface area contributed by atoms with Gasteiger partial charge in [0, 0.05) is 30.7 Å². The van der Waals surface area contributed by atoms with E-state index in [0.29, 0.717) is 17.7 Å². The zero-order valence-electron chi connectivity index (χ0n) is 15.5. The first-order valence-electron chi connectivity index (χ1n) is 9.49. The predicted molar refractivity (Wildman–Crippen MR) is 106 cm³/mol. The highest BCUT2D eigenvalue weighted by Crippen LogP contribution is 2.28. The Bertz CT molecular complexity index is 914. The number of rotatable bonds is 4. The molecular formula is C23H26N2O. The molecule has 1 N–H and O–H groups in total. The molecule has 26 heavy (non-hydrogen) atoms. The van der Waals surface area contributed by atoms with Gasteiger partial charge in [-0.25, -0.2) is 0 Å². The molecule has 3 nitrogen and oxygen atoms in total. The maximum Gasteiger partial charge on any atom is 0.115 e. The second-order valence-corrected chi connectivity index (χ2v) is 7.68. The van der Waals surface area contributed by atoms with Crippen LogP contribution in [0.5, 0.6) is 5.75 Å². The van der Waals surface area contributed by atoms with Crippen LogP contribution in [0.1, 0.15) is 30.5 Å². The highest BCUT2D eigenvalue weighted by Gasteiger charge is 2.26. The number of para-hydroxylation sites is 1. The van der Waals surface area contributed by atoms with Crippen LogP contribution in [0, 0.1) is 5.92 Å². The van der Waals surface area contributed by atoms with Crippen LogP contribution in [0.2, 0.25) is 0 Å². The summed E-state index contributed by atoms with van der Waals surface area (Å²) in [5, 5.41) is 11.1. The molecule has 1 aliphatic heterocycles. The van der Waals surface area contributed by atoms with Gasteiger partial charge in [-0.05, 0) is 59.7 Å². The average Bonchev–Trinajstić information content (AvgIpc) is 2.65. The van der Waals surface area contributed by atoms with Crippen molar-refractivity contribution in [1.82, 2.24) is 9.88 Å². The number of pyridine rings is 1. The third-order valence-corrected chi connectivity index (χ3v) is 5.64. The molecule has 4 rings (SSSR count). The van der Waals surface area contributed by atoms with Crippen LogP contribution < -0.4 is 0 Å². The van der Waals surface area contributed by atoms with Gasteiger partial charge >= 0.3 is 0 Å².